The second-order valence-electron chi connectivity index (χ2n) is 5.38. The van der Waals surface area contributed by atoms with Gasteiger partial charge in [0.25, 0.3) is 0 Å². The number of fused-ring (bicyclic) bond motifs is 1. The smallest absolute Gasteiger partial charge is 0.0553 e. The average molecular weight is 252 g/mol. The van der Waals surface area contributed by atoms with E-state index in [-0.39, 0.29) is 0 Å². The Hall–Kier alpha value is -1.96. The molecule has 0 radical (unpaired) electrons. The predicted molar refractivity (Wildman–Crippen MR) is 81.7 cm³/mol. The molecule has 0 amide bonds. The minimum atomic E-state index is 0.383. The normalized spacial score (nSPS) is 21.4. The molecule has 0 saturated heterocycles. The van der Waals surface area contributed by atoms with E-state index in [1.165, 1.54) is 22.5 Å². The van der Waals surface area contributed by atoms with Gasteiger partial charge in [0, 0.05) is 17.4 Å². The maximum Gasteiger partial charge on any atom is 0.0553 e. The van der Waals surface area contributed by atoms with Crippen molar-refractivity contribution in [1.82, 2.24) is 0 Å². The largest absolute Gasteiger partial charge is 0.382 e. The summed E-state index contributed by atoms with van der Waals surface area (Å²) in [5, 5.41) is 7.25. The first-order chi connectivity index (χ1) is 9.24. The van der Waals surface area contributed by atoms with Crippen LogP contribution >= 0.6 is 0 Å². The van der Waals surface area contributed by atoms with Crippen LogP contribution in [0.2, 0.25) is 0 Å². The minimum Gasteiger partial charge on any atom is -0.382 e. The van der Waals surface area contributed by atoms with Gasteiger partial charge in [-0.2, -0.15) is 0 Å². The first-order valence-electron chi connectivity index (χ1n) is 6.91. The number of hydrogen-bond acceptors (Lipinski definition) is 2. The summed E-state index contributed by atoms with van der Waals surface area (Å²) in [5.74, 6) is 0. The molecule has 3 rings (SSSR count). The third-order valence-corrected chi connectivity index (χ3v) is 3.80. The van der Waals surface area contributed by atoms with Crippen molar-refractivity contribution in [3.63, 3.8) is 0 Å². The Morgan fingerprint density at radius 3 is 2.63 bits per heavy atom. The van der Waals surface area contributed by atoms with Crippen LogP contribution in [0.5, 0.6) is 0 Å². The molecule has 2 aromatic rings. The first kappa shape index (κ1) is 12.1. The lowest BCUT2D eigenvalue weighted by Crippen LogP contribution is -2.29. The first-order valence-corrected chi connectivity index (χ1v) is 6.91. The molecule has 98 valence electrons. The van der Waals surface area contributed by atoms with Gasteiger partial charge < -0.3 is 10.6 Å². The SMILES string of the molecule is Cc1ccccc1NC1CC(C)Nc2ccccc21. The number of aryl methyl sites for hydroxylation is 1. The summed E-state index contributed by atoms with van der Waals surface area (Å²) >= 11 is 0. The van der Waals surface area contributed by atoms with Gasteiger partial charge in [-0.15, -0.1) is 0 Å². The van der Waals surface area contributed by atoms with Gasteiger partial charge >= 0.3 is 0 Å². The monoisotopic (exact) mass is 252 g/mol. The molecule has 1 aliphatic rings. The van der Waals surface area contributed by atoms with Gasteiger partial charge in [0.05, 0.1) is 6.04 Å². The van der Waals surface area contributed by atoms with Gasteiger partial charge in [-0.25, -0.2) is 0 Å². The highest BCUT2D eigenvalue weighted by atomic mass is 15.0. The molecule has 2 unspecified atom stereocenters. The van der Waals surface area contributed by atoms with Gasteiger partial charge in [0.15, 0.2) is 0 Å². The number of para-hydroxylation sites is 2. The molecule has 0 spiro atoms. The van der Waals surface area contributed by atoms with Crippen LogP contribution in [-0.2, 0) is 0 Å². The average Bonchev–Trinajstić information content (AvgIpc) is 2.41. The van der Waals surface area contributed by atoms with Gasteiger partial charge in [0.1, 0.15) is 0 Å². The summed E-state index contributed by atoms with van der Waals surface area (Å²) < 4.78 is 0. The van der Waals surface area contributed by atoms with Crippen molar-refractivity contribution < 1.29 is 0 Å². The van der Waals surface area contributed by atoms with Gasteiger partial charge in [-0.05, 0) is 43.5 Å². The van der Waals surface area contributed by atoms with Crippen molar-refractivity contribution in [2.45, 2.75) is 32.4 Å². The Bertz CT molecular complexity index is 577. The van der Waals surface area contributed by atoms with E-state index in [0.29, 0.717) is 12.1 Å². The molecule has 1 aliphatic heterocycles. The van der Waals surface area contributed by atoms with Crippen LogP contribution in [0.3, 0.4) is 0 Å². The lowest BCUT2D eigenvalue weighted by atomic mass is 9.93. The van der Waals surface area contributed by atoms with Crippen molar-refractivity contribution in [3.05, 3.63) is 59.7 Å². The second kappa shape index (κ2) is 4.96. The quantitative estimate of drug-likeness (QED) is 0.830. The second-order valence-corrected chi connectivity index (χ2v) is 5.38. The zero-order valence-electron chi connectivity index (χ0n) is 11.5. The molecule has 0 fully saturated rings. The van der Waals surface area contributed by atoms with E-state index in [1.54, 1.807) is 0 Å². The molecule has 2 nitrogen and oxygen atoms in total. The Morgan fingerprint density at radius 1 is 1.05 bits per heavy atom. The maximum atomic E-state index is 3.70. The molecule has 0 aromatic heterocycles. The Kier molecular flexibility index (Phi) is 3.16. The van der Waals surface area contributed by atoms with E-state index < -0.39 is 0 Å². The maximum absolute atomic E-state index is 3.70. The van der Waals surface area contributed by atoms with E-state index in [9.17, 15) is 0 Å². The van der Waals surface area contributed by atoms with Crippen molar-refractivity contribution in [2.75, 3.05) is 10.6 Å². The van der Waals surface area contributed by atoms with Crippen molar-refractivity contribution in [2.24, 2.45) is 0 Å². The zero-order chi connectivity index (χ0) is 13.2. The molecule has 0 saturated carbocycles. The van der Waals surface area contributed by atoms with Gasteiger partial charge in [0.2, 0.25) is 0 Å². The minimum absolute atomic E-state index is 0.383. The molecular formula is C17H20N2. The van der Waals surface area contributed by atoms with E-state index in [0.717, 1.165) is 6.42 Å². The summed E-state index contributed by atoms with van der Waals surface area (Å²) in [6, 6.07) is 17.9. The standard InChI is InChI=1S/C17H20N2/c1-12-7-3-5-9-15(12)19-17-11-13(2)18-16-10-6-4-8-14(16)17/h3-10,13,17-19H,11H2,1-2H3. The number of benzene rings is 2. The van der Waals surface area contributed by atoms with E-state index in [1.807, 2.05) is 0 Å². The van der Waals surface area contributed by atoms with Gasteiger partial charge in [-0.1, -0.05) is 36.4 Å². The summed E-state index contributed by atoms with van der Waals surface area (Å²) in [7, 11) is 0. The van der Waals surface area contributed by atoms with Crippen molar-refractivity contribution in [3.8, 4) is 0 Å². The molecule has 2 aromatic carbocycles. The molecular weight excluding hydrogens is 232 g/mol. The van der Waals surface area contributed by atoms with Gasteiger partial charge in [-0.3, -0.25) is 0 Å². The highest BCUT2D eigenvalue weighted by Crippen LogP contribution is 2.35. The fourth-order valence-electron chi connectivity index (χ4n) is 2.80. The van der Waals surface area contributed by atoms with Crippen molar-refractivity contribution >= 4 is 11.4 Å². The third-order valence-electron chi connectivity index (χ3n) is 3.80. The van der Waals surface area contributed by atoms with E-state index >= 15 is 0 Å². The van der Waals surface area contributed by atoms with Crippen LogP contribution < -0.4 is 10.6 Å². The number of anilines is 2. The molecule has 2 N–H and O–H groups in total. The van der Waals surface area contributed by atoms with Crippen molar-refractivity contribution in [1.29, 1.82) is 0 Å². The van der Waals surface area contributed by atoms with Crippen LogP contribution in [0.4, 0.5) is 11.4 Å². The molecule has 1 heterocycles. The third kappa shape index (κ3) is 2.43. The highest BCUT2D eigenvalue weighted by Gasteiger charge is 2.23. The Morgan fingerprint density at radius 2 is 1.79 bits per heavy atom. The van der Waals surface area contributed by atoms with Crippen LogP contribution in [0.1, 0.15) is 30.5 Å². The number of hydrogen-bond donors (Lipinski definition) is 2. The van der Waals surface area contributed by atoms with E-state index in [4.69, 9.17) is 0 Å². The van der Waals surface area contributed by atoms with E-state index in [2.05, 4.69) is 73.0 Å². The van der Waals surface area contributed by atoms with Crippen LogP contribution in [0.15, 0.2) is 48.5 Å². The zero-order valence-corrected chi connectivity index (χ0v) is 11.5. The van der Waals surface area contributed by atoms with Crippen LogP contribution in [-0.4, -0.2) is 6.04 Å². The Labute approximate surface area is 114 Å². The predicted octanol–water partition coefficient (Wildman–Crippen LogP) is 4.35. The lowest BCUT2D eigenvalue weighted by Gasteiger charge is -2.32. The number of rotatable bonds is 2. The molecule has 0 bridgehead atoms. The summed E-state index contributed by atoms with van der Waals surface area (Å²) in [6.45, 7) is 4.39. The number of nitrogens with one attached hydrogen (secondary N) is 2. The lowest BCUT2D eigenvalue weighted by molar-refractivity contribution is 0.599. The Balaban J connectivity index is 1.91. The molecule has 19 heavy (non-hydrogen) atoms. The fourth-order valence-corrected chi connectivity index (χ4v) is 2.80. The van der Waals surface area contributed by atoms with Crippen LogP contribution in [0, 0.1) is 6.92 Å². The highest BCUT2D eigenvalue weighted by molar-refractivity contribution is 5.59. The summed E-state index contributed by atoms with van der Waals surface area (Å²) in [5.41, 5.74) is 5.15. The molecule has 0 aliphatic carbocycles. The molecule has 2 heteroatoms. The fraction of sp³-hybridized carbons (Fsp3) is 0.294. The summed E-state index contributed by atoms with van der Waals surface area (Å²) in [6.07, 6.45) is 1.10. The topological polar surface area (TPSA) is 24.1 Å². The molecule has 2 atom stereocenters. The van der Waals surface area contributed by atoms with Crippen LogP contribution in [0.25, 0.3) is 0 Å². The summed E-state index contributed by atoms with van der Waals surface area (Å²) in [4.78, 5) is 0.